The molecule has 0 aliphatic carbocycles. The van der Waals surface area contributed by atoms with Gasteiger partial charge in [-0.3, -0.25) is 4.90 Å². The zero-order valence-corrected chi connectivity index (χ0v) is 12.0. The van der Waals surface area contributed by atoms with Crippen LogP contribution in [0.2, 0.25) is 0 Å². The van der Waals surface area contributed by atoms with Gasteiger partial charge in [-0.15, -0.1) is 0 Å². The Morgan fingerprint density at radius 1 is 1.19 bits per heavy atom. The first-order valence-electron chi connectivity index (χ1n) is 5.78. The number of sulfone groups is 1. The van der Waals surface area contributed by atoms with Crippen molar-refractivity contribution in [1.82, 2.24) is 4.90 Å². The summed E-state index contributed by atoms with van der Waals surface area (Å²) in [5.41, 5.74) is 5.50. The molecule has 0 aliphatic heterocycles. The maximum absolute atomic E-state index is 11.9. The second-order valence-electron chi connectivity index (χ2n) is 5.35. The van der Waals surface area contributed by atoms with Crippen LogP contribution >= 0.6 is 0 Å². The van der Waals surface area contributed by atoms with Crippen LogP contribution < -0.4 is 5.73 Å². The van der Waals surface area contributed by atoms with Crippen molar-refractivity contribution in [1.29, 1.82) is 0 Å². The molecule has 0 bridgehead atoms. The Labute approximate surface area is 100 Å². The molecule has 98 valence electrons. The van der Waals surface area contributed by atoms with Gasteiger partial charge in [0.25, 0.3) is 0 Å². The molecule has 0 atom stereocenters. The number of hydrogen-bond acceptors (Lipinski definition) is 4. The molecule has 0 aromatic carbocycles. The van der Waals surface area contributed by atoms with E-state index >= 15 is 0 Å². The summed E-state index contributed by atoms with van der Waals surface area (Å²) in [5, 5.41) is 0. The van der Waals surface area contributed by atoms with Crippen molar-refractivity contribution >= 4 is 9.84 Å². The molecule has 0 spiro atoms. The fourth-order valence-corrected chi connectivity index (χ4v) is 2.42. The Morgan fingerprint density at radius 3 is 2.00 bits per heavy atom. The number of nitrogens with two attached hydrogens (primary N) is 1. The minimum absolute atomic E-state index is 0.203. The van der Waals surface area contributed by atoms with Crippen LogP contribution in [-0.4, -0.2) is 49.5 Å². The van der Waals surface area contributed by atoms with Crippen LogP contribution in [0, 0.1) is 0 Å². The van der Waals surface area contributed by atoms with E-state index < -0.39 is 14.6 Å². The minimum atomic E-state index is -3.03. The summed E-state index contributed by atoms with van der Waals surface area (Å²) >= 11 is 0. The van der Waals surface area contributed by atoms with E-state index in [4.69, 9.17) is 5.73 Å². The van der Waals surface area contributed by atoms with Crippen LogP contribution in [0.25, 0.3) is 0 Å². The third-order valence-electron chi connectivity index (χ3n) is 2.73. The van der Waals surface area contributed by atoms with E-state index in [0.717, 1.165) is 6.54 Å². The first-order valence-corrected chi connectivity index (χ1v) is 7.43. The predicted molar refractivity (Wildman–Crippen MR) is 69.3 cm³/mol. The van der Waals surface area contributed by atoms with Gasteiger partial charge in [-0.05, 0) is 34.6 Å². The highest BCUT2D eigenvalue weighted by Gasteiger charge is 2.29. The smallest absolute Gasteiger partial charge is 0.156 e. The molecular formula is C11H26N2O2S. The van der Waals surface area contributed by atoms with Gasteiger partial charge in [0.15, 0.2) is 9.84 Å². The molecule has 0 unspecified atom stereocenters. The maximum Gasteiger partial charge on any atom is 0.156 e. The van der Waals surface area contributed by atoms with Crippen molar-refractivity contribution in [2.24, 2.45) is 5.73 Å². The van der Waals surface area contributed by atoms with Gasteiger partial charge < -0.3 is 5.73 Å². The molecule has 5 heteroatoms. The third-order valence-corrected chi connectivity index (χ3v) is 5.31. The Morgan fingerprint density at radius 2 is 1.69 bits per heavy atom. The first kappa shape index (κ1) is 15.9. The predicted octanol–water partition coefficient (Wildman–Crippen LogP) is 0.869. The molecule has 0 saturated carbocycles. The molecule has 0 aromatic rings. The van der Waals surface area contributed by atoms with Gasteiger partial charge in [0.2, 0.25) is 0 Å². The molecule has 2 N–H and O–H groups in total. The van der Waals surface area contributed by atoms with Crippen LogP contribution in [0.15, 0.2) is 0 Å². The van der Waals surface area contributed by atoms with E-state index in [2.05, 4.69) is 18.7 Å². The number of hydrogen-bond donors (Lipinski definition) is 1. The lowest BCUT2D eigenvalue weighted by Gasteiger charge is -2.27. The second-order valence-corrected chi connectivity index (χ2v) is 8.21. The summed E-state index contributed by atoms with van der Waals surface area (Å²) in [5.74, 6) is 0.203. The second kappa shape index (κ2) is 5.98. The summed E-state index contributed by atoms with van der Waals surface area (Å²) in [6.07, 6.45) is 0. The molecule has 0 saturated heterocycles. The highest BCUT2D eigenvalue weighted by Crippen LogP contribution is 2.16. The summed E-state index contributed by atoms with van der Waals surface area (Å²) in [7, 11) is -3.03. The third kappa shape index (κ3) is 4.80. The fourth-order valence-electron chi connectivity index (χ4n) is 1.34. The van der Waals surface area contributed by atoms with Crippen molar-refractivity contribution in [2.75, 3.05) is 25.4 Å². The van der Waals surface area contributed by atoms with Gasteiger partial charge in [0.1, 0.15) is 0 Å². The summed E-state index contributed by atoms with van der Waals surface area (Å²) in [6.45, 7) is 11.2. The standard InChI is InChI=1S/C11H26N2O2S/c1-10(2)13(7-6-12)8-9-16(14,15)11(3,4)5/h10H,6-9,12H2,1-5H3. The van der Waals surface area contributed by atoms with Crippen molar-refractivity contribution in [3.05, 3.63) is 0 Å². The molecule has 0 aromatic heterocycles. The molecule has 0 amide bonds. The summed E-state index contributed by atoms with van der Waals surface area (Å²) < 4.78 is 23.2. The highest BCUT2D eigenvalue weighted by atomic mass is 32.2. The van der Waals surface area contributed by atoms with Gasteiger partial charge in [0, 0.05) is 25.7 Å². The summed E-state index contributed by atoms with van der Waals surface area (Å²) in [6, 6.07) is 0.332. The van der Waals surface area contributed by atoms with E-state index in [9.17, 15) is 8.42 Å². The van der Waals surface area contributed by atoms with Crippen LogP contribution in [0.3, 0.4) is 0 Å². The average molecular weight is 250 g/mol. The van der Waals surface area contributed by atoms with E-state index in [1.54, 1.807) is 20.8 Å². The summed E-state index contributed by atoms with van der Waals surface area (Å²) in [4.78, 5) is 2.10. The van der Waals surface area contributed by atoms with E-state index in [1.165, 1.54) is 0 Å². The fraction of sp³-hybridized carbons (Fsp3) is 1.00. The Hall–Kier alpha value is -0.130. The highest BCUT2D eigenvalue weighted by molar-refractivity contribution is 7.92. The number of rotatable bonds is 6. The Kier molecular flexibility index (Phi) is 5.93. The maximum atomic E-state index is 11.9. The molecule has 0 aliphatic rings. The molecule has 0 fully saturated rings. The first-order chi connectivity index (χ1) is 7.12. The molecule has 4 nitrogen and oxygen atoms in total. The topological polar surface area (TPSA) is 63.4 Å². The van der Waals surface area contributed by atoms with Gasteiger partial charge >= 0.3 is 0 Å². The molecule has 0 radical (unpaired) electrons. The van der Waals surface area contributed by atoms with Gasteiger partial charge in [-0.2, -0.15) is 0 Å². The van der Waals surface area contributed by atoms with Gasteiger partial charge in [-0.1, -0.05) is 0 Å². The number of nitrogens with zero attached hydrogens (tertiary/aromatic N) is 1. The zero-order valence-electron chi connectivity index (χ0n) is 11.2. The Bertz CT molecular complexity index is 292. The monoisotopic (exact) mass is 250 g/mol. The average Bonchev–Trinajstić information content (AvgIpc) is 2.09. The van der Waals surface area contributed by atoms with Crippen LogP contribution in [-0.2, 0) is 9.84 Å². The normalized spacial score (nSPS) is 13.8. The molecule has 16 heavy (non-hydrogen) atoms. The lowest BCUT2D eigenvalue weighted by atomic mass is 10.3. The van der Waals surface area contributed by atoms with Crippen molar-refractivity contribution in [3.8, 4) is 0 Å². The van der Waals surface area contributed by atoms with Gasteiger partial charge in [-0.25, -0.2) is 8.42 Å². The van der Waals surface area contributed by atoms with Crippen molar-refractivity contribution in [3.63, 3.8) is 0 Å². The molecular weight excluding hydrogens is 224 g/mol. The van der Waals surface area contributed by atoms with Crippen molar-refractivity contribution in [2.45, 2.75) is 45.4 Å². The van der Waals surface area contributed by atoms with Crippen molar-refractivity contribution < 1.29 is 8.42 Å². The van der Waals surface area contributed by atoms with E-state index in [1.807, 2.05) is 0 Å². The SMILES string of the molecule is CC(C)N(CCN)CCS(=O)(=O)C(C)(C)C. The van der Waals surface area contributed by atoms with Crippen LogP contribution in [0.4, 0.5) is 0 Å². The lowest BCUT2D eigenvalue weighted by Crippen LogP contribution is -2.41. The van der Waals surface area contributed by atoms with Gasteiger partial charge in [0.05, 0.1) is 10.5 Å². The van der Waals surface area contributed by atoms with E-state index in [0.29, 0.717) is 19.1 Å². The minimum Gasteiger partial charge on any atom is -0.329 e. The largest absolute Gasteiger partial charge is 0.329 e. The van der Waals surface area contributed by atoms with Crippen LogP contribution in [0.5, 0.6) is 0 Å². The lowest BCUT2D eigenvalue weighted by molar-refractivity contribution is 0.241. The van der Waals surface area contributed by atoms with E-state index in [-0.39, 0.29) is 5.75 Å². The Balaban J connectivity index is 4.43. The zero-order chi connectivity index (χ0) is 13.0. The quantitative estimate of drug-likeness (QED) is 0.760. The van der Waals surface area contributed by atoms with Crippen LogP contribution in [0.1, 0.15) is 34.6 Å². The molecule has 0 heterocycles. The molecule has 0 rings (SSSR count).